The van der Waals surface area contributed by atoms with Crippen LogP contribution in [-0.4, -0.2) is 18.4 Å². The molecule has 0 unspecified atom stereocenters. The second-order valence-electron chi connectivity index (χ2n) is 3.85. The third-order valence-electron chi connectivity index (χ3n) is 2.23. The van der Waals surface area contributed by atoms with E-state index in [4.69, 9.17) is 4.74 Å². The number of carbonyl (C=O) groups excluding carboxylic acids is 2. The van der Waals surface area contributed by atoms with Crippen molar-refractivity contribution < 1.29 is 14.3 Å². The van der Waals surface area contributed by atoms with Crippen LogP contribution in [0.25, 0.3) is 0 Å². The molecule has 1 aromatic rings. The van der Waals surface area contributed by atoms with Crippen molar-refractivity contribution in [2.45, 2.75) is 26.7 Å². The maximum Gasteiger partial charge on any atom is 0.302 e. The SMILES string of the molecule is CC(=O)OC[C@@H](C)CCC(=O)c1cccs1. The Bertz CT molecular complexity index is 343. The molecule has 0 aliphatic carbocycles. The average Bonchev–Trinajstić information content (AvgIpc) is 2.76. The molecular weight excluding hydrogens is 224 g/mol. The van der Waals surface area contributed by atoms with E-state index in [1.165, 1.54) is 18.3 Å². The fourth-order valence-electron chi connectivity index (χ4n) is 1.28. The Hall–Kier alpha value is -1.16. The molecule has 0 saturated carbocycles. The van der Waals surface area contributed by atoms with Gasteiger partial charge in [0.2, 0.25) is 0 Å². The number of hydrogen-bond donors (Lipinski definition) is 0. The topological polar surface area (TPSA) is 43.4 Å². The highest BCUT2D eigenvalue weighted by Crippen LogP contribution is 2.15. The fourth-order valence-corrected chi connectivity index (χ4v) is 1.98. The van der Waals surface area contributed by atoms with Gasteiger partial charge in [-0.1, -0.05) is 13.0 Å². The molecule has 0 radical (unpaired) electrons. The van der Waals surface area contributed by atoms with Crippen LogP contribution in [0.1, 0.15) is 36.4 Å². The number of rotatable bonds is 6. The van der Waals surface area contributed by atoms with Crippen LogP contribution in [0.2, 0.25) is 0 Å². The molecule has 1 atom stereocenters. The van der Waals surface area contributed by atoms with Crippen molar-refractivity contribution in [3.05, 3.63) is 22.4 Å². The Balaban J connectivity index is 2.24. The third-order valence-corrected chi connectivity index (χ3v) is 3.14. The summed E-state index contributed by atoms with van der Waals surface area (Å²) in [5, 5.41) is 1.90. The van der Waals surface area contributed by atoms with E-state index in [1.807, 2.05) is 24.4 Å². The molecule has 4 heteroatoms. The van der Waals surface area contributed by atoms with E-state index in [2.05, 4.69) is 0 Å². The lowest BCUT2D eigenvalue weighted by Gasteiger charge is -2.09. The highest BCUT2D eigenvalue weighted by Gasteiger charge is 2.10. The van der Waals surface area contributed by atoms with Gasteiger partial charge < -0.3 is 4.74 Å². The van der Waals surface area contributed by atoms with Crippen LogP contribution in [0.4, 0.5) is 0 Å². The van der Waals surface area contributed by atoms with Gasteiger partial charge in [0.05, 0.1) is 11.5 Å². The Morgan fingerprint density at radius 2 is 2.25 bits per heavy atom. The molecule has 0 amide bonds. The molecule has 3 nitrogen and oxygen atoms in total. The molecule has 16 heavy (non-hydrogen) atoms. The van der Waals surface area contributed by atoms with E-state index in [1.54, 1.807) is 0 Å². The number of esters is 1. The Kier molecular flexibility index (Phi) is 5.19. The molecular formula is C12H16O3S. The van der Waals surface area contributed by atoms with E-state index in [0.29, 0.717) is 13.0 Å². The first-order valence-electron chi connectivity index (χ1n) is 5.29. The maximum absolute atomic E-state index is 11.7. The summed E-state index contributed by atoms with van der Waals surface area (Å²) in [4.78, 5) is 23.0. The van der Waals surface area contributed by atoms with Crippen molar-refractivity contribution in [3.63, 3.8) is 0 Å². The number of thiophene rings is 1. The average molecular weight is 240 g/mol. The minimum atomic E-state index is -0.267. The van der Waals surface area contributed by atoms with Crippen LogP contribution < -0.4 is 0 Å². The zero-order chi connectivity index (χ0) is 12.0. The third kappa shape index (κ3) is 4.57. The lowest BCUT2D eigenvalue weighted by atomic mass is 10.0. The Morgan fingerprint density at radius 3 is 2.81 bits per heavy atom. The molecule has 0 saturated heterocycles. The molecule has 1 rings (SSSR count). The summed E-state index contributed by atoms with van der Waals surface area (Å²) < 4.78 is 4.88. The molecule has 1 aromatic heterocycles. The smallest absolute Gasteiger partial charge is 0.302 e. The second-order valence-corrected chi connectivity index (χ2v) is 4.79. The quantitative estimate of drug-likeness (QED) is 0.567. The number of ether oxygens (including phenoxy) is 1. The minimum Gasteiger partial charge on any atom is -0.466 e. The van der Waals surface area contributed by atoms with Crippen LogP contribution >= 0.6 is 11.3 Å². The summed E-state index contributed by atoms with van der Waals surface area (Å²) in [5.41, 5.74) is 0. The van der Waals surface area contributed by atoms with Gasteiger partial charge in [-0.05, 0) is 23.8 Å². The minimum absolute atomic E-state index is 0.171. The van der Waals surface area contributed by atoms with Crippen molar-refractivity contribution >= 4 is 23.1 Å². The zero-order valence-electron chi connectivity index (χ0n) is 9.56. The molecule has 0 aliphatic rings. The first-order valence-corrected chi connectivity index (χ1v) is 6.17. The molecule has 0 N–H and O–H groups in total. The molecule has 1 heterocycles. The lowest BCUT2D eigenvalue weighted by molar-refractivity contribution is -0.142. The van der Waals surface area contributed by atoms with E-state index >= 15 is 0 Å². The van der Waals surface area contributed by atoms with E-state index in [9.17, 15) is 9.59 Å². The summed E-state index contributed by atoms with van der Waals surface area (Å²) >= 11 is 1.47. The van der Waals surface area contributed by atoms with Gasteiger partial charge in [-0.3, -0.25) is 9.59 Å². The predicted molar refractivity (Wildman–Crippen MR) is 63.7 cm³/mol. The summed E-state index contributed by atoms with van der Waals surface area (Å²) in [5.74, 6) is 0.133. The highest BCUT2D eigenvalue weighted by molar-refractivity contribution is 7.12. The van der Waals surface area contributed by atoms with Gasteiger partial charge in [0.25, 0.3) is 0 Å². The molecule has 0 fully saturated rings. The second kappa shape index (κ2) is 6.43. The van der Waals surface area contributed by atoms with Crippen LogP contribution in [0.5, 0.6) is 0 Å². The Morgan fingerprint density at radius 1 is 1.50 bits per heavy atom. The van der Waals surface area contributed by atoms with Gasteiger partial charge in [0.15, 0.2) is 5.78 Å². The van der Waals surface area contributed by atoms with Gasteiger partial charge in [0, 0.05) is 13.3 Å². The molecule has 0 aromatic carbocycles. The fraction of sp³-hybridized carbons (Fsp3) is 0.500. The first-order chi connectivity index (χ1) is 7.59. The highest BCUT2D eigenvalue weighted by atomic mass is 32.1. The van der Waals surface area contributed by atoms with Gasteiger partial charge in [-0.25, -0.2) is 0 Å². The summed E-state index contributed by atoms with van der Waals surface area (Å²) in [6, 6.07) is 3.71. The monoisotopic (exact) mass is 240 g/mol. The number of ketones is 1. The molecule has 0 spiro atoms. The number of hydrogen-bond acceptors (Lipinski definition) is 4. The summed E-state index contributed by atoms with van der Waals surface area (Å²) in [6.45, 7) is 3.77. The summed E-state index contributed by atoms with van der Waals surface area (Å²) in [7, 11) is 0. The largest absolute Gasteiger partial charge is 0.466 e. The first kappa shape index (κ1) is 12.9. The van der Waals surface area contributed by atoms with Gasteiger partial charge in [-0.2, -0.15) is 0 Å². The van der Waals surface area contributed by atoms with Gasteiger partial charge in [0.1, 0.15) is 0 Å². The standard InChI is InChI=1S/C12H16O3S/c1-9(8-15-10(2)13)5-6-11(14)12-4-3-7-16-12/h3-4,7,9H,5-6,8H2,1-2H3/t9-/m0/s1. The normalized spacial score (nSPS) is 12.1. The van der Waals surface area contributed by atoms with Crippen LogP contribution in [0.15, 0.2) is 17.5 Å². The molecule has 0 bridgehead atoms. The summed E-state index contributed by atoms with van der Waals surface area (Å²) in [6.07, 6.45) is 1.27. The Labute approximate surface area is 99.4 Å². The van der Waals surface area contributed by atoms with Crippen molar-refractivity contribution in [3.8, 4) is 0 Å². The van der Waals surface area contributed by atoms with Crippen molar-refractivity contribution in [1.82, 2.24) is 0 Å². The maximum atomic E-state index is 11.7. The number of Topliss-reactive ketones (excluding diaryl/α,β-unsaturated/α-hetero) is 1. The van der Waals surface area contributed by atoms with Gasteiger partial charge in [-0.15, -0.1) is 11.3 Å². The number of carbonyl (C=O) groups is 2. The van der Waals surface area contributed by atoms with Crippen LogP contribution in [0.3, 0.4) is 0 Å². The van der Waals surface area contributed by atoms with Gasteiger partial charge >= 0.3 is 5.97 Å². The van der Waals surface area contributed by atoms with Crippen LogP contribution in [0, 0.1) is 5.92 Å². The zero-order valence-corrected chi connectivity index (χ0v) is 10.4. The van der Waals surface area contributed by atoms with Crippen molar-refractivity contribution in [2.75, 3.05) is 6.61 Å². The predicted octanol–water partition coefficient (Wildman–Crippen LogP) is 2.91. The van der Waals surface area contributed by atoms with E-state index in [0.717, 1.165) is 11.3 Å². The van der Waals surface area contributed by atoms with Crippen molar-refractivity contribution in [1.29, 1.82) is 0 Å². The van der Waals surface area contributed by atoms with Crippen LogP contribution in [-0.2, 0) is 9.53 Å². The lowest BCUT2D eigenvalue weighted by Crippen LogP contribution is -2.10. The van der Waals surface area contributed by atoms with E-state index < -0.39 is 0 Å². The van der Waals surface area contributed by atoms with E-state index in [-0.39, 0.29) is 17.7 Å². The molecule has 0 aliphatic heterocycles. The molecule has 88 valence electrons. The van der Waals surface area contributed by atoms with Crippen molar-refractivity contribution in [2.24, 2.45) is 5.92 Å².